The van der Waals surface area contributed by atoms with E-state index in [1.807, 2.05) is 0 Å². The van der Waals surface area contributed by atoms with Crippen LogP contribution < -0.4 is 10.6 Å². The number of ether oxygens (including phenoxy) is 4. The number of rotatable bonds is 11. The first kappa shape index (κ1) is 31.0. The van der Waals surface area contributed by atoms with Crippen LogP contribution in [0.2, 0.25) is 0 Å². The first-order valence-electron chi connectivity index (χ1n) is 13.7. The molecule has 2 atom stereocenters. The van der Waals surface area contributed by atoms with Gasteiger partial charge in [-0.25, -0.2) is 9.59 Å². The quantitative estimate of drug-likeness (QED) is 0.396. The van der Waals surface area contributed by atoms with Gasteiger partial charge in [0.2, 0.25) is 0 Å². The average Bonchev–Trinajstić information content (AvgIpc) is 2.65. The molecule has 2 saturated heterocycles. The number of hydrogen-bond acceptors (Lipinski definition) is 8. The van der Waals surface area contributed by atoms with Gasteiger partial charge in [-0.3, -0.25) is 0 Å². The van der Waals surface area contributed by atoms with Crippen molar-refractivity contribution in [3.63, 3.8) is 0 Å². The number of carbonyl (C=O) groups is 2. The molecule has 8 nitrogen and oxygen atoms in total. The van der Waals surface area contributed by atoms with E-state index in [0.717, 1.165) is 25.7 Å². The standard InChI is InChI=1S/C28H52N2O6/c1-11-33-23(31)21(35-19-15-25(3,4)29-26(5,6)16-19)13-14-22(24(32)34-12-2)36-20-17-27(7,8)30-28(9,10)18-20/h19-22,29-30H,11-18H2,1-10H3. The second-order valence-electron chi connectivity index (χ2n) is 13.2. The Bertz CT molecular complexity index is 654. The summed E-state index contributed by atoms with van der Waals surface area (Å²) >= 11 is 0. The van der Waals surface area contributed by atoms with Crippen molar-refractivity contribution in [3.05, 3.63) is 0 Å². The highest BCUT2D eigenvalue weighted by atomic mass is 16.6. The Morgan fingerprint density at radius 2 is 0.917 bits per heavy atom. The van der Waals surface area contributed by atoms with Crippen LogP contribution in [0.3, 0.4) is 0 Å². The van der Waals surface area contributed by atoms with Crippen LogP contribution in [-0.2, 0) is 28.5 Å². The predicted octanol–water partition coefficient (Wildman–Crippen LogP) is 4.28. The number of nitrogens with one attached hydrogen (secondary N) is 2. The third-order valence-electron chi connectivity index (χ3n) is 6.81. The van der Waals surface area contributed by atoms with Crippen molar-refractivity contribution in [2.45, 2.75) is 154 Å². The normalized spacial score (nSPS) is 25.1. The fraction of sp³-hybridized carbons (Fsp3) is 0.929. The zero-order valence-corrected chi connectivity index (χ0v) is 24.4. The second kappa shape index (κ2) is 12.1. The van der Waals surface area contributed by atoms with Crippen LogP contribution in [0.25, 0.3) is 0 Å². The van der Waals surface area contributed by atoms with Crippen LogP contribution in [0.15, 0.2) is 0 Å². The fourth-order valence-electron chi connectivity index (χ4n) is 6.37. The monoisotopic (exact) mass is 512 g/mol. The number of carbonyl (C=O) groups excluding carboxylic acids is 2. The lowest BCUT2D eigenvalue weighted by molar-refractivity contribution is -0.171. The highest BCUT2D eigenvalue weighted by molar-refractivity contribution is 5.76. The van der Waals surface area contributed by atoms with E-state index < -0.39 is 24.1 Å². The maximum atomic E-state index is 12.9. The predicted molar refractivity (Wildman–Crippen MR) is 141 cm³/mol. The van der Waals surface area contributed by atoms with Crippen molar-refractivity contribution in [3.8, 4) is 0 Å². The molecule has 0 aromatic rings. The Morgan fingerprint density at radius 1 is 0.639 bits per heavy atom. The molecule has 2 heterocycles. The largest absolute Gasteiger partial charge is 0.464 e. The summed E-state index contributed by atoms with van der Waals surface area (Å²) in [5.74, 6) is -0.781. The van der Waals surface area contributed by atoms with Crippen molar-refractivity contribution < 1.29 is 28.5 Å². The molecule has 0 aromatic carbocycles. The molecule has 8 heteroatoms. The molecule has 0 amide bonds. The van der Waals surface area contributed by atoms with Crippen LogP contribution in [0.1, 0.15) is 108 Å². The van der Waals surface area contributed by atoms with E-state index in [2.05, 4.69) is 66.0 Å². The van der Waals surface area contributed by atoms with E-state index >= 15 is 0 Å². The molecule has 0 bridgehead atoms. The van der Waals surface area contributed by atoms with Crippen LogP contribution >= 0.6 is 0 Å². The zero-order chi connectivity index (χ0) is 27.4. The van der Waals surface area contributed by atoms with Crippen LogP contribution in [0.5, 0.6) is 0 Å². The first-order chi connectivity index (χ1) is 16.5. The molecular weight excluding hydrogens is 460 g/mol. The summed E-state index contributed by atoms with van der Waals surface area (Å²) < 4.78 is 23.5. The maximum absolute atomic E-state index is 12.9. The lowest BCUT2D eigenvalue weighted by Gasteiger charge is -2.47. The van der Waals surface area contributed by atoms with Gasteiger partial charge in [-0.15, -0.1) is 0 Å². The van der Waals surface area contributed by atoms with Crippen LogP contribution in [0.4, 0.5) is 0 Å². The third kappa shape index (κ3) is 9.92. The van der Waals surface area contributed by atoms with E-state index in [1.54, 1.807) is 13.8 Å². The molecule has 2 fully saturated rings. The summed E-state index contributed by atoms with van der Waals surface area (Å²) in [4.78, 5) is 25.8. The Morgan fingerprint density at radius 3 is 1.17 bits per heavy atom. The Labute approximate surface area is 218 Å². The minimum absolute atomic E-state index is 0.0985. The van der Waals surface area contributed by atoms with Crippen molar-refractivity contribution in [2.24, 2.45) is 0 Å². The molecule has 36 heavy (non-hydrogen) atoms. The molecule has 2 aliphatic rings. The summed E-state index contributed by atoms with van der Waals surface area (Å²) in [6, 6.07) is 0. The number of esters is 2. The van der Waals surface area contributed by atoms with Gasteiger partial charge in [-0.2, -0.15) is 0 Å². The molecule has 0 spiro atoms. The molecular formula is C28H52N2O6. The van der Waals surface area contributed by atoms with Gasteiger partial charge in [-0.05, 0) is 108 Å². The van der Waals surface area contributed by atoms with E-state index in [4.69, 9.17) is 18.9 Å². The molecule has 2 N–H and O–H groups in total. The van der Waals surface area contributed by atoms with Crippen LogP contribution in [0, 0.1) is 0 Å². The van der Waals surface area contributed by atoms with Gasteiger partial charge in [-0.1, -0.05) is 0 Å². The maximum Gasteiger partial charge on any atom is 0.335 e. The second-order valence-corrected chi connectivity index (χ2v) is 13.2. The topological polar surface area (TPSA) is 95.1 Å². The van der Waals surface area contributed by atoms with Gasteiger partial charge in [0.25, 0.3) is 0 Å². The van der Waals surface area contributed by atoms with Crippen molar-refractivity contribution in [1.82, 2.24) is 10.6 Å². The zero-order valence-electron chi connectivity index (χ0n) is 24.4. The average molecular weight is 513 g/mol. The Kier molecular flexibility index (Phi) is 10.4. The number of piperidine rings is 2. The first-order valence-corrected chi connectivity index (χ1v) is 13.7. The lowest BCUT2D eigenvalue weighted by Crippen LogP contribution is -2.60. The molecule has 2 unspecified atom stereocenters. The fourth-order valence-corrected chi connectivity index (χ4v) is 6.37. The van der Waals surface area contributed by atoms with Crippen molar-refractivity contribution in [2.75, 3.05) is 13.2 Å². The highest BCUT2D eigenvalue weighted by Gasteiger charge is 2.42. The van der Waals surface area contributed by atoms with Gasteiger partial charge in [0.1, 0.15) is 0 Å². The highest BCUT2D eigenvalue weighted by Crippen LogP contribution is 2.33. The SMILES string of the molecule is CCOC(=O)C(CCC(OC1CC(C)(C)NC(C)(C)C1)C(=O)OCC)OC1CC(C)(C)NC(C)(C)C1. The van der Waals surface area contributed by atoms with Crippen molar-refractivity contribution >= 4 is 11.9 Å². The van der Waals surface area contributed by atoms with E-state index in [9.17, 15) is 9.59 Å². The van der Waals surface area contributed by atoms with E-state index in [0.29, 0.717) is 12.8 Å². The molecule has 0 saturated carbocycles. The van der Waals surface area contributed by atoms with Crippen LogP contribution in [-0.4, -0.2) is 71.7 Å². The van der Waals surface area contributed by atoms with E-state index in [-0.39, 0.29) is 47.6 Å². The van der Waals surface area contributed by atoms with Gasteiger partial charge < -0.3 is 29.6 Å². The number of hydrogen-bond donors (Lipinski definition) is 2. The third-order valence-corrected chi connectivity index (χ3v) is 6.81. The summed E-state index contributed by atoms with van der Waals surface area (Å²) in [6.45, 7) is 21.3. The van der Waals surface area contributed by atoms with Gasteiger partial charge >= 0.3 is 11.9 Å². The Balaban J connectivity index is 2.14. The Hall–Kier alpha value is -1.22. The molecule has 2 aliphatic heterocycles. The van der Waals surface area contributed by atoms with Gasteiger partial charge in [0, 0.05) is 22.2 Å². The lowest BCUT2D eigenvalue weighted by atomic mass is 9.81. The summed E-state index contributed by atoms with van der Waals surface area (Å²) in [7, 11) is 0. The van der Waals surface area contributed by atoms with Gasteiger partial charge in [0.05, 0.1) is 25.4 Å². The molecule has 210 valence electrons. The smallest absolute Gasteiger partial charge is 0.335 e. The summed E-state index contributed by atoms with van der Waals surface area (Å²) in [6.07, 6.45) is 2.05. The molecule has 0 aliphatic carbocycles. The minimum atomic E-state index is -0.763. The van der Waals surface area contributed by atoms with E-state index in [1.165, 1.54) is 0 Å². The summed E-state index contributed by atoms with van der Waals surface area (Å²) in [5, 5.41) is 7.29. The summed E-state index contributed by atoms with van der Waals surface area (Å²) in [5.41, 5.74) is -0.457. The molecule has 2 rings (SSSR count). The molecule has 0 aromatic heterocycles. The minimum Gasteiger partial charge on any atom is -0.464 e. The van der Waals surface area contributed by atoms with Gasteiger partial charge in [0.15, 0.2) is 12.2 Å². The molecule has 0 radical (unpaired) electrons. The van der Waals surface area contributed by atoms with Crippen molar-refractivity contribution in [1.29, 1.82) is 0 Å².